The molecule has 0 saturated heterocycles. The van der Waals surface area contributed by atoms with Crippen LogP contribution in [0.3, 0.4) is 0 Å². The van der Waals surface area contributed by atoms with E-state index < -0.39 is 13.8 Å². The Morgan fingerprint density at radius 3 is 2.73 bits per heavy atom. The van der Waals surface area contributed by atoms with Crippen molar-refractivity contribution >= 4 is 13.8 Å². The Morgan fingerprint density at radius 1 is 1.53 bits per heavy atom. The van der Waals surface area contributed by atoms with Crippen LogP contribution >= 0.6 is 7.82 Å². The van der Waals surface area contributed by atoms with E-state index in [-0.39, 0.29) is 6.61 Å². The first-order valence-corrected chi connectivity index (χ1v) is 6.01. The van der Waals surface area contributed by atoms with Crippen LogP contribution in [-0.2, 0) is 23.4 Å². The maximum atomic E-state index is 11.0. The van der Waals surface area contributed by atoms with Gasteiger partial charge < -0.3 is 4.89 Å². The molecule has 0 bridgehead atoms. The van der Waals surface area contributed by atoms with Crippen LogP contribution in [0.1, 0.15) is 26.2 Å². The summed E-state index contributed by atoms with van der Waals surface area (Å²) >= 11 is 0. The average Bonchev–Trinajstić information content (AvgIpc) is 2.21. The highest BCUT2D eigenvalue weighted by Gasteiger charge is 2.24. The number of hydrogen-bond donors (Lipinski definition) is 1. The molecule has 0 aromatic heterocycles. The molecule has 88 valence electrons. The van der Waals surface area contributed by atoms with Crippen molar-refractivity contribution < 1.29 is 28.3 Å². The van der Waals surface area contributed by atoms with Crippen molar-refractivity contribution in [3.05, 3.63) is 12.7 Å². The Hall–Kier alpha value is -0.680. The van der Waals surface area contributed by atoms with Crippen molar-refractivity contribution in [2.45, 2.75) is 26.2 Å². The largest absolute Gasteiger partial charge is 0.508 e. The van der Waals surface area contributed by atoms with Crippen molar-refractivity contribution in [2.75, 3.05) is 6.61 Å². The third kappa shape index (κ3) is 8.32. The van der Waals surface area contributed by atoms with Gasteiger partial charge in [-0.1, -0.05) is 31.0 Å². The Balaban J connectivity index is 3.71. The molecule has 0 aromatic carbocycles. The second kappa shape index (κ2) is 7.59. The molecule has 6 nitrogen and oxygen atoms in total. The van der Waals surface area contributed by atoms with Gasteiger partial charge in [-0.2, -0.15) is 0 Å². The topological polar surface area (TPSA) is 82.1 Å². The zero-order valence-corrected chi connectivity index (χ0v) is 9.44. The van der Waals surface area contributed by atoms with Crippen molar-refractivity contribution in [2.24, 2.45) is 0 Å². The minimum absolute atomic E-state index is 0.0766. The SMILES string of the molecule is C=CC(=O)OOP(=O)(O)OCCCCC. The monoisotopic (exact) mass is 238 g/mol. The van der Waals surface area contributed by atoms with Crippen molar-refractivity contribution in [3.63, 3.8) is 0 Å². The highest BCUT2D eigenvalue weighted by Crippen LogP contribution is 2.43. The number of carbonyl (C=O) groups excluding carboxylic acids is 1. The minimum atomic E-state index is -4.29. The number of unbranched alkanes of at least 4 members (excludes halogenated alkanes) is 2. The quantitative estimate of drug-likeness (QED) is 0.229. The Morgan fingerprint density at radius 2 is 2.20 bits per heavy atom. The summed E-state index contributed by atoms with van der Waals surface area (Å²) in [7, 11) is -4.29. The van der Waals surface area contributed by atoms with E-state index in [1.807, 2.05) is 6.92 Å². The van der Waals surface area contributed by atoms with Gasteiger partial charge in [0, 0.05) is 6.08 Å². The van der Waals surface area contributed by atoms with Crippen LogP contribution in [0.25, 0.3) is 0 Å². The lowest BCUT2D eigenvalue weighted by molar-refractivity contribution is -0.217. The fraction of sp³-hybridized carbons (Fsp3) is 0.625. The van der Waals surface area contributed by atoms with Gasteiger partial charge in [-0.05, 0) is 6.42 Å². The minimum Gasteiger partial charge on any atom is -0.300 e. The van der Waals surface area contributed by atoms with Gasteiger partial charge in [0.1, 0.15) is 0 Å². The number of carbonyl (C=O) groups is 1. The third-order valence-electron chi connectivity index (χ3n) is 1.38. The second-order valence-electron chi connectivity index (χ2n) is 2.69. The molecule has 0 aliphatic rings. The van der Waals surface area contributed by atoms with E-state index in [0.717, 1.165) is 18.9 Å². The molecule has 7 heteroatoms. The molecule has 1 N–H and O–H groups in total. The van der Waals surface area contributed by atoms with Gasteiger partial charge >= 0.3 is 13.8 Å². The lowest BCUT2D eigenvalue weighted by Gasteiger charge is -2.09. The first-order chi connectivity index (χ1) is 7.02. The average molecular weight is 238 g/mol. The van der Waals surface area contributed by atoms with Crippen LogP contribution in [0.5, 0.6) is 0 Å². The van der Waals surface area contributed by atoms with Gasteiger partial charge in [0.15, 0.2) is 0 Å². The molecule has 1 unspecified atom stereocenters. The van der Waals surface area contributed by atoms with E-state index in [9.17, 15) is 9.36 Å². The Kier molecular flexibility index (Phi) is 7.25. The Labute approximate surface area is 88.4 Å². The molecule has 15 heavy (non-hydrogen) atoms. The lowest BCUT2D eigenvalue weighted by Crippen LogP contribution is -2.02. The summed E-state index contributed by atoms with van der Waals surface area (Å²) in [4.78, 5) is 23.4. The highest BCUT2D eigenvalue weighted by molar-refractivity contribution is 7.47. The molecular weight excluding hydrogens is 223 g/mol. The summed E-state index contributed by atoms with van der Waals surface area (Å²) in [5, 5.41) is 0. The van der Waals surface area contributed by atoms with E-state index >= 15 is 0 Å². The smallest absolute Gasteiger partial charge is 0.300 e. The number of phosphoric acid groups is 1. The molecule has 0 rings (SSSR count). The summed E-state index contributed by atoms with van der Waals surface area (Å²) in [6.07, 6.45) is 3.29. The summed E-state index contributed by atoms with van der Waals surface area (Å²) in [6.45, 7) is 5.14. The number of rotatable bonds is 8. The van der Waals surface area contributed by atoms with Crippen LogP contribution in [-0.4, -0.2) is 17.5 Å². The zero-order valence-electron chi connectivity index (χ0n) is 8.55. The van der Waals surface area contributed by atoms with E-state index in [4.69, 9.17) is 4.89 Å². The maximum Gasteiger partial charge on any atom is 0.508 e. The van der Waals surface area contributed by atoms with Crippen molar-refractivity contribution in [1.82, 2.24) is 0 Å². The molecule has 1 atom stereocenters. The molecule has 0 fully saturated rings. The summed E-state index contributed by atoms with van der Waals surface area (Å²) in [6, 6.07) is 0. The van der Waals surface area contributed by atoms with Gasteiger partial charge in [0.2, 0.25) is 0 Å². The molecule has 0 aliphatic heterocycles. The zero-order chi connectivity index (χ0) is 11.7. The van der Waals surface area contributed by atoms with Gasteiger partial charge in [-0.25, -0.2) is 9.36 Å². The Bertz CT molecular complexity index is 252. The molecule has 0 amide bonds. The third-order valence-corrected chi connectivity index (χ3v) is 2.15. The molecular formula is C8H15O6P. The van der Waals surface area contributed by atoms with E-state index in [2.05, 4.69) is 20.7 Å². The number of phosphoric ester groups is 1. The second-order valence-corrected chi connectivity index (χ2v) is 4.03. The van der Waals surface area contributed by atoms with E-state index in [1.165, 1.54) is 0 Å². The van der Waals surface area contributed by atoms with Crippen LogP contribution in [0.2, 0.25) is 0 Å². The highest BCUT2D eigenvalue weighted by atomic mass is 31.2. The number of hydrogen-bond acceptors (Lipinski definition) is 5. The molecule has 0 spiro atoms. The summed E-state index contributed by atoms with van der Waals surface area (Å²) in [5.41, 5.74) is 0. The van der Waals surface area contributed by atoms with Gasteiger partial charge in [-0.3, -0.25) is 9.41 Å². The first-order valence-electron chi connectivity index (χ1n) is 4.52. The van der Waals surface area contributed by atoms with Crippen molar-refractivity contribution in [1.29, 1.82) is 0 Å². The molecule has 0 heterocycles. The maximum absolute atomic E-state index is 11.0. The molecule has 0 aliphatic carbocycles. The van der Waals surface area contributed by atoms with E-state index in [0.29, 0.717) is 6.42 Å². The summed E-state index contributed by atoms with van der Waals surface area (Å²) < 4.78 is 19.4. The van der Waals surface area contributed by atoms with Gasteiger partial charge in [0.05, 0.1) is 6.61 Å². The van der Waals surface area contributed by atoms with Crippen LogP contribution in [0.4, 0.5) is 0 Å². The standard InChI is InChI=1S/C8H15O6P/c1-3-5-6-7-12-15(10,11)14-13-8(9)4-2/h4H,2-3,5-7H2,1H3,(H,10,11). The molecule has 0 aromatic rings. The first kappa shape index (κ1) is 14.3. The predicted octanol–water partition coefficient (Wildman–Crippen LogP) is 1.95. The molecule has 0 saturated carbocycles. The fourth-order valence-corrected chi connectivity index (χ4v) is 1.24. The van der Waals surface area contributed by atoms with Crippen LogP contribution in [0, 0.1) is 0 Å². The van der Waals surface area contributed by atoms with Gasteiger partial charge in [-0.15, -0.1) is 0 Å². The van der Waals surface area contributed by atoms with E-state index in [1.54, 1.807) is 0 Å². The fourth-order valence-electron chi connectivity index (χ4n) is 0.671. The van der Waals surface area contributed by atoms with Crippen LogP contribution < -0.4 is 0 Å². The molecule has 0 radical (unpaired) electrons. The van der Waals surface area contributed by atoms with Crippen LogP contribution in [0.15, 0.2) is 12.7 Å². The predicted molar refractivity (Wildman–Crippen MR) is 52.7 cm³/mol. The van der Waals surface area contributed by atoms with Gasteiger partial charge in [0.25, 0.3) is 0 Å². The summed E-state index contributed by atoms with van der Waals surface area (Å²) in [5.74, 6) is -0.957. The van der Waals surface area contributed by atoms with Crippen molar-refractivity contribution in [3.8, 4) is 0 Å². The normalized spacial score (nSPS) is 14.3. The lowest BCUT2D eigenvalue weighted by atomic mass is 10.3.